The molecule has 5 nitrogen and oxygen atoms in total. The summed E-state index contributed by atoms with van der Waals surface area (Å²) in [4.78, 5) is 20.3. The first-order valence-electron chi connectivity index (χ1n) is 8.02. The Labute approximate surface area is 149 Å². The van der Waals surface area contributed by atoms with Crippen LogP contribution < -0.4 is 0 Å². The molecule has 2 aromatic heterocycles. The van der Waals surface area contributed by atoms with Crippen molar-refractivity contribution < 1.29 is 13.2 Å². The molecule has 0 N–H and O–H groups in total. The van der Waals surface area contributed by atoms with Crippen LogP contribution in [-0.4, -0.2) is 47.8 Å². The van der Waals surface area contributed by atoms with Gasteiger partial charge in [0.25, 0.3) is 0 Å². The maximum absolute atomic E-state index is 12.8. The molecule has 2 aromatic rings. The van der Waals surface area contributed by atoms with Crippen LogP contribution in [-0.2, 0) is 21.1 Å². The SMILES string of the molecule is O=C(Cc1csc(-c2cccs2)n1)N(C1CC1)C1CCS(=O)(=O)C1. The smallest absolute Gasteiger partial charge is 0.229 e. The number of hydrogen-bond acceptors (Lipinski definition) is 6. The Hall–Kier alpha value is -1.25. The van der Waals surface area contributed by atoms with E-state index in [2.05, 4.69) is 4.98 Å². The quantitative estimate of drug-likeness (QED) is 0.797. The van der Waals surface area contributed by atoms with E-state index in [9.17, 15) is 13.2 Å². The highest BCUT2D eigenvalue weighted by atomic mass is 32.2. The van der Waals surface area contributed by atoms with Crippen molar-refractivity contribution in [3.63, 3.8) is 0 Å². The minimum Gasteiger partial charge on any atom is -0.335 e. The fraction of sp³-hybridized carbons (Fsp3) is 0.500. The van der Waals surface area contributed by atoms with Gasteiger partial charge in [0.2, 0.25) is 5.91 Å². The lowest BCUT2D eigenvalue weighted by Crippen LogP contribution is -2.43. The van der Waals surface area contributed by atoms with Gasteiger partial charge in [-0.2, -0.15) is 0 Å². The molecule has 0 aromatic carbocycles. The van der Waals surface area contributed by atoms with E-state index in [4.69, 9.17) is 0 Å². The Morgan fingerprint density at radius 1 is 1.25 bits per heavy atom. The van der Waals surface area contributed by atoms with Crippen molar-refractivity contribution in [3.8, 4) is 9.88 Å². The van der Waals surface area contributed by atoms with Gasteiger partial charge in [-0.05, 0) is 30.7 Å². The summed E-state index contributed by atoms with van der Waals surface area (Å²) in [5.41, 5.74) is 0.778. The average molecular weight is 383 g/mol. The Kier molecular flexibility index (Phi) is 4.22. The zero-order chi connectivity index (χ0) is 16.7. The van der Waals surface area contributed by atoms with E-state index in [1.807, 2.05) is 27.8 Å². The third-order valence-corrected chi connectivity index (χ3v) is 8.13. The minimum absolute atomic E-state index is 0.0163. The third-order valence-electron chi connectivity index (χ3n) is 4.45. The van der Waals surface area contributed by atoms with Crippen molar-refractivity contribution >= 4 is 38.4 Å². The minimum atomic E-state index is -2.98. The van der Waals surface area contributed by atoms with Gasteiger partial charge in [0.15, 0.2) is 9.84 Å². The molecule has 8 heteroatoms. The van der Waals surface area contributed by atoms with Crippen LogP contribution in [0.1, 0.15) is 25.0 Å². The molecular weight excluding hydrogens is 364 g/mol. The summed E-state index contributed by atoms with van der Waals surface area (Å²) in [6.45, 7) is 0. The molecular formula is C16H18N2O3S3. The molecule has 1 saturated carbocycles. The monoisotopic (exact) mass is 382 g/mol. The van der Waals surface area contributed by atoms with E-state index < -0.39 is 9.84 Å². The number of aromatic nitrogens is 1. The van der Waals surface area contributed by atoms with Crippen LogP contribution in [0.5, 0.6) is 0 Å². The second kappa shape index (κ2) is 6.24. The maximum Gasteiger partial charge on any atom is 0.229 e. The fourth-order valence-electron chi connectivity index (χ4n) is 3.20. The van der Waals surface area contributed by atoms with E-state index in [1.165, 1.54) is 0 Å². The van der Waals surface area contributed by atoms with Crippen molar-refractivity contribution in [2.75, 3.05) is 11.5 Å². The normalized spacial score (nSPS) is 22.6. The van der Waals surface area contributed by atoms with Crippen LogP contribution in [0.25, 0.3) is 9.88 Å². The molecule has 1 atom stereocenters. The number of hydrogen-bond donors (Lipinski definition) is 0. The Morgan fingerprint density at radius 3 is 2.71 bits per heavy atom. The largest absolute Gasteiger partial charge is 0.335 e. The number of carbonyl (C=O) groups is 1. The van der Waals surface area contributed by atoms with Gasteiger partial charge >= 0.3 is 0 Å². The second-order valence-corrected chi connectivity index (χ2v) is 10.4. The van der Waals surface area contributed by atoms with Gasteiger partial charge in [-0.25, -0.2) is 13.4 Å². The van der Waals surface area contributed by atoms with E-state index in [0.29, 0.717) is 6.42 Å². The Balaban J connectivity index is 1.48. The molecule has 1 aliphatic carbocycles. The molecule has 4 rings (SSSR count). The number of amides is 1. The van der Waals surface area contributed by atoms with Crippen LogP contribution in [0.15, 0.2) is 22.9 Å². The highest BCUT2D eigenvalue weighted by Gasteiger charge is 2.42. The van der Waals surface area contributed by atoms with Crippen LogP contribution in [0.3, 0.4) is 0 Å². The lowest BCUT2D eigenvalue weighted by Gasteiger charge is -2.28. The van der Waals surface area contributed by atoms with Crippen molar-refractivity contribution in [2.45, 2.75) is 37.8 Å². The predicted octanol–water partition coefficient (Wildman–Crippen LogP) is 2.59. The maximum atomic E-state index is 12.8. The lowest BCUT2D eigenvalue weighted by molar-refractivity contribution is -0.133. The van der Waals surface area contributed by atoms with Crippen LogP contribution >= 0.6 is 22.7 Å². The van der Waals surface area contributed by atoms with Crippen molar-refractivity contribution in [3.05, 3.63) is 28.6 Å². The van der Waals surface area contributed by atoms with E-state index in [1.54, 1.807) is 22.7 Å². The highest BCUT2D eigenvalue weighted by Crippen LogP contribution is 2.33. The molecule has 3 heterocycles. The number of nitrogens with zero attached hydrogens (tertiary/aromatic N) is 2. The van der Waals surface area contributed by atoms with Gasteiger partial charge in [0.05, 0.1) is 28.5 Å². The molecule has 1 saturated heterocycles. The standard InChI is InChI=1S/C16H18N2O3S3/c19-15(8-11-9-23-16(17-11)14-2-1-6-22-14)18(12-3-4-12)13-5-7-24(20,21)10-13/h1-2,6,9,12-13H,3-5,7-8,10H2. The van der Waals surface area contributed by atoms with Crippen molar-refractivity contribution in [1.82, 2.24) is 9.88 Å². The average Bonchev–Trinajstić information content (AvgIpc) is 2.92. The summed E-state index contributed by atoms with van der Waals surface area (Å²) in [5.74, 6) is 0.336. The highest BCUT2D eigenvalue weighted by molar-refractivity contribution is 7.91. The molecule has 1 aliphatic heterocycles. The van der Waals surface area contributed by atoms with Crippen molar-refractivity contribution in [1.29, 1.82) is 0 Å². The van der Waals surface area contributed by atoms with E-state index in [-0.39, 0.29) is 35.9 Å². The van der Waals surface area contributed by atoms with Gasteiger partial charge in [-0.1, -0.05) is 6.07 Å². The lowest BCUT2D eigenvalue weighted by atomic mass is 10.2. The molecule has 1 unspecified atom stereocenters. The van der Waals surface area contributed by atoms with Gasteiger partial charge in [-0.15, -0.1) is 22.7 Å². The Bertz CT molecular complexity index is 838. The van der Waals surface area contributed by atoms with Gasteiger partial charge in [0.1, 0.15) is 5.01 Å². The second-order valence-electron chi connectivity index (χ2n) is 6.39. The third kappa shape index (κ3) is 3.41. The van der Waals surface area contributed by atoms with Crippen LogP contribution in [0, 0.1) is 0 Å². The summed E-state index contributed by atoms with van der Waals surface area (Å²) in [5, 5.41) is 4.88. The van der Waals surface area contributed by atoms with Gasteiger partial charge < -0.3 is 4.90 Å². The summed E-state index contributed by atoms with van der Waals surface area (Å²) in [6, 6.07) is 4.09. The topological polar surface area (TPSA) is 67.3 Å². The fourth-order valence-corrected chi connectivity index (χ4v) is 6.55. The summed E-state index contributed by atoms with van der Waals surface area (Å²) in [7, 11) is -2.98. The Morgan fingerprint density at radius 2 is 2.08 bits per heavy atom. The summed E-state index contributed by atoms with van der Waals surface area (Å²) in [6.07, 6.45) is 2.80. The van der Waals surface area contributed by atoms with Gasteiger partial charge in [-0.3, -0.25) is 4.79 Å². The first-order chi connectivity index (χ1) is 11.5. The molecule has 24 heavy (non-hydrogen) atoms. The van der Waals surface area contributed by atoms with Gasteiger partial charge in [0, 0.05) is 17.5 Å². The summed E-state index contributed by atoms with van der Waals surface area (Å²) < 4.78 is 23.5. The molecule has 2 aliphatic rings. The molecule has 1 amide bonds. The molecule has 0 spiro atoms. The molecule has 128 valence electrons. The molecule has 0 bridgehead atoms. The summed E-state index contributed by atoms with van der Waals surface area (Å²) >= 11 is 3.19. The first-order valence-corrected chi connectivity index (χ1v) is 11.6. The number of rotatable bonds is 5. The zero-order valence-corrected chi connectivity index (χ0v) is 15.5. The number of carbonyl (C=O) groups excluding carboxylic acids is 1. The number of thiophene rings is 1. The predicted molar refractivity (Wildman–Crippen MR) is 96.1 cm³/mol. The molecule has 0 radical (unpaired) electrons. The van der Waals surface area contributed by atoms with Crippen molar-refractivity contribution in [2.24, 2.45) is 0 Å². The number of sulfone groups is 1. The van der Waals surface area contributed by atoms with Crippen LogP contribution in [0.4, 0.5) is 0 Å². The first kappa shape index (κ1) is 16.2. The van der Waals surface area contributed by atoms with E-state index in [0.717, 1.165) is 28.4 Å². The zero-order valence-electron chi connectivity index (χ0n) is 13.1. The van der Waals surface area contributed by atoms with Crippen LogP contribution in [0.2, 0.25) is 0 Å². The molecule has 2 fully saturated rings. The number of thiazole rings is 1. The van der Waals surface area contributed by atoms with E-state index >= 15 is 0 Å².